The molecule has 2 aliphatic carbocycles. The fourth-order valence-electron chi connectivity index (χ4n) is 5.54. The molecule has 1 saturated heterocycles. The summed E-state index contributed by atoms with van der Waals surface area (Å²) in [6.45, 7) is 0.662. The third-order valence-electron chi connectivity index (χ3n) is 6.36. The molecule has 2 heterocycles. The Hall–Kier alpha value is -1.56. The molecule has 1 spiro atoms. The van der Waals surface area contributed by atoms with E-state index >= 15 is 0 Å². The van der Waals surface area contributed by atoms with Crippen LogP contribution in [0.25, 0.3) is 0 Å². The van der Waals surface area contributed by atoms with E-state index in [4.69, 9.17) is 4.74 Å². The topological polar surface area (TPSA) is 66.8 Å². The number of hydrogen-bond donors (Lipinski definition) is 1. The van der Waals surface area contributed by atoms with E-state index in [0.717, 1.165) is 30.4 Å². The number of benzene rings is 1. The van der Waals surface area contributed by atoms with Gasteiger partial charge in [-0.25, -0.2) is 0 Å². The first-order chi connectivity index (χ1) is 11.1. The first-order valence-corrected chi connectivity index (χ1v) is 8.82. The van der Waals surface area contributed by atoms with E-state index in [1.165, 1.54) is 0 Å². The smallest absolute Gasteiger partial charge is 0.209 e. The molecule has 0 radical (unpaired) electrons. The average Bonchev–Trinajstić information content (AvgIpc) is 2.85. The lowest BCUT2D eigenvalue weighted by atomic mass is 9.52. The predicted molar refractivity (Wildman–Crippen MR) is 84.5 cm³/mol. The Kier molecular flexibility index (Phi) is 2.58. The van der Waals surface area contributed by atoms with Crippen LogP contribution in [-0.2, 0) is 21.4 Å². The highest BCUT2D eigenvalue weighted by molar-refractivity contribution is 9.10. The van der Waals surface area contributed by atoms with Crippen LogP contribution in [0.2, 0.25) is 0 Å². The van der Waals surface area contributed by atoms with Crippen LogP contribution in [0.4, 0.5) is 0 Å². The van der Waals surface area contributed by atoms with Gasteiger partial charge in [-0.1, -0.05) is 0 Å². The van der Waals surface area contributed by atoms with Crippen LogP contribution in [0.1, 0.15) is 30.4 Å². The van der Waals surface area contributed by atoms with E-state index in [1.807, 2.05) is 4.90 Å². The molecule has 5 nitrogen and oxygen atoms in total. The summed E-state index contributed by atoms with van der Waals surface area (Å²) < 4.78 is 6.73. The fourth-order valence-corrected chi connectivity index (χ4v) is 6.01. The summed E-state index contributed by atoms with van der Waals surface area (Å²) in [5, 5.41) is 10.2. The molecule has 1 N–H and O–H groups in total. The quantitative estimate of drug-likeness (QED) is 0.759. The molecule has 0 unspecified atom stereocenters. The molecule has 4 aliphatic rings. The van der Waals surface area contributed by atoms with Crippen molar-refractivity contribution >= 4 is 28.1 Å². The lowest BCUT2D eigenvalue weighted by Crippen LogP contribution is -2.65. The first kappa shape index (κ1) is 13.8. The number of hydrogen-bond acceptors (Lipinski definition) is 4. The molecule has 1 amide bonds. The normalized spacial score (nSPS) is 36.5. The van der Waals surface area contributed by atoms with Crippen molar-refractivity contribution < 1.29 is 19.4 Å². The maximum Gasteiger partial charge on any atom is 0.209 e. The third kappa shape index (κ3) is 1.44. The van der Waals surface area contributed by atoms with Crippen LogP contribution < -0.4 is 4.74 Å². The molecule has 5 rings (SSSR count). The Morgan fingerprint density at radius 2 is 2.30 bits per heavy atom. The molecule has 2 fully saturated rings. The number of nitrogens with zero attached hydrogens (tertiary/aromatic N) is 1. The van der Waals surface area contributed by atoms with Crippen LogP contribution >= 0.6 is 15.9 Å². The number of Topliss-reactive ketones (excluding diaryl/α,β-unsaturated/α-hetero) is 1. The van der Waals surface area contributed by atoms with E-state index in [-0.39, 0.29) is 28.9 Å². The molecule has 1 aromatic rings. The lowest BCUT2D eigenvalue weighted by molar-refractivity contribution is -0.141. The Balaban J connectivity index is 1.82. The molecule has 1 saturated carbocycles. The Labute approximate surface area is 141 Å². The highest BCUT2D eigenvalue weighted by atomic mass is 79.9. The van der Waals surface area contributed by atoms with Gasteiger partial charge in [-0.3, -0.25) is 9.59 Å². The van der Waals surface area contributed by atoms with Crippen LogP contribution in [0, 0.1) is 5.92 Å². The molecule has 23 heavy (non-hydrogen) atoms. The van der Waals surface area contributed by atoms with Gasteiger partial charge in [-0.15, -0.1) is 0 Å². The van der Waals surface area contributed by atoms with Crippen molar-refractivity contribution in [1.82, 2.24) is 4.90 Å². The largest absolute Gasteiger partial charge is 0.507 e. The molecule has 120 valence electrons. The van der Waals surface area contributed by atoms with Gasteiger partial charge in [-0.2, -0.15) is 0 Å². The first-order valence-electron chi connectivity index (χ1n) is 8.03. The monoisotopic (exact) mass is 377 g/mol. The maximum absolute atomic E-state index is 12.6. The van der Waals surface area contributed by atoms with Crippen LogP contribution in [-0.4, -0.2) is 40.9 Å². The van der Waals surface area contributed by atoms with E-state index in [1.54, 1.807) is 6.07 Å². The summed E-state index contributed by atoms with van der Waals surface area (Å²) >= 11 is 3.50. The van der Waals surface area contributed by atoms with E-state index in [0.29, 0.717) is 29.6 Å². The van der Waals surface area contributed by atoms with Crippen molar-refractivity contribution in [1.29, 1.82) is 0 Å². The van der Waals surface area contributed by atoms with Gasteiger partial charge in [0.15, 0.2) is 11.9 Å². The minimum atomic E-state index is -0.458. The van der Waals surface area contributed by atoms with Crippen molar-refractivity contribution in [3.8, 4) is 11.5 Å². The number of amides is 1. The number of carbonyl (C=O) groups excluding carboxylic acids is 2. The molecule has 2 bridgehead atoms. The summed E-state index contributed by atoms with van der Waals surface area (Å²) in [5.41, 5.74) is 1.79. The summed E-state index contributed by atoms with van der Waals surface area (Å²) in [4.78, 5) is 26.0. The number of piperidine rings is 1. The Morgan fingerprint density at radius 3 is 3.09 bits per heavy atom. The Bertz CT molecular complexity index is 763. The molecular formula is C17H16BrNO4. The van der Waals surface area contributed by atoms with Gasteiger partial charge in [0.25, 0.3) is 0 Å². The van der Waals surface area contributed by atoms with Crippen molar-refractivity contribution in [2.24, 2.45) is 5.92 Å². The molecule has 0 aromatic heterocycles. The number of rotatable bonds is 1. The van der Waals surface area contributed by atoms with E-state index < -0.39 is 6.10 Å². The Morgan fingerprint density at radius 1 is 1.48 bits per heavy atom. The molecule has 4 atom stereocenters. The average molecular weight is 378 g/mol. The summed E-state index contributed by atoms with van der Waals surface area (Å²) in [5.74, 6) is 1.20. The molecule has 2 aliphatic heterocycles. The number of halogens is 1. The summed E-state index contributed by atoms with van der Waals surface area (Å²) in [6.07, 6.45) is 3.25. The third-order valence-corrected chi connectivity index (χ3v) is 7.25. The maximum atomic E-state index is 12.6. The molecular weight excluding hydrogens is 362 g/mol. The number of phenols is 1. The van der Waals surface area contributed by atoms with Crippen molar-refractivity contribution in [2.45, 2.75) is 43.2 Å². The summed E-state index contributed by atoms with van der Waals surface area (Å²) in [6, 6.07) is 1.71. The van der Waals surface area contributed by atoms with Crippen LogP contribution in [0.15, 0.2) is 10.5 Å². The van der Waals surface area contributed by atoms with Crippen molar-refractivity contribution in [3.63, 3.8) is 0 Å². The zero-order valence-corrected chi connectivity index (χ0v) is 14.0. The van der Waals surface area contributed by atoms with Crippen LogP contribution in [0.5, 0.6) is 11.5 Å². The van der Waals surface area contributed by atoms with Gasteiger partial charge in [0.2, 0.25) is 6.41 Å². The highest BCUT2D eigenvalue weighted by Crippen LogP contribution is 2.63. The predicted octanol–water partition coefficient (Wildman–Crippen LogP) is 1.92. The van der Waals surface area contributed by atoms with Gasteiger partial charge in [0.1, 0.15) is 11.5 Å². The SMILES string of the molecule is O=CN1CC[C@@]23c4c5cc(O)c(Br)c4C[C@@H]1[C@@H]2CCC(=O)[C@@H]3O5. The van der Waals surface area contributed by atoms with Gasteiger partial charge in [-0.05, 0) is 46.7 Å². The number of ether oxygens (including phenoxy) is 1. The number of likely N-dealkylation sites (tertiary alicyclic amines) is 1. The number of aromatic hydroxyl groups is 1. The number of phenolic OH excluding ortho intramolecular Hbond substituents is 1. The number of carbonyl (C=O) groups is 2. The van der Waals surface area contributed by atoms with Crippen LogP contribution in [0.3, 0.4) is 0 Å². The van der Waals surface area contributed by atoms with Gasteiger partial charge in [0, 0.05) is 36.1 Å². The minimum absolute atomic E-state index is 0.0806. The molecule has 6 heteroatoms. The molecule has 1 aromatic carbocycles. The standard InChI is InChI=1S/C17H16BrNO4/c18-15-8-5-10-9-1-2-11(21)16-17(9,3-4-19(10)7-20)14(8)13(23-16)6-12(15)22/h6-7,9-10,16,22H,1-5H2/t9-,10+,16-,17-/m0/s1. The van der Waals surface area contributed by atoms with E-state index in [9.17, 15) is 14.7 Å². The minimum Gasteiger partial charge on any atom is -0.507 e. The van der Waals surface area contributed by atoms with Gasteiger partial charge >= 0.3 is 0 Å². The summed E-state index contributed by atoms with van der Waals surface area (Å²) in [7, 11) is 0. The van der Waals surface area contributed by atoms with Crippen molar-refractivity contribution in [3.05, 3.63) is 21.7 Å². The highest BCUT2D eigenvalue weighted by Gasteiger charge is 2.65. The number of ketones is 1. The van der Waals surface area contributed by atoms with Gasteiger partial charge in [0.05, 0.1) is 4.47 Å². The second-order valence-electron chi connectivity index (χ2n) is 7.08. The van der Waals surface area contributed by atoms with Gasteiger partial charge < -0.3 is 14.7 Å². The van der Waals surface area contributed by atoms with Crippen molar-refractivity contribution in [2.75, 3.05) is 6.54 Å². The van der Waals surface area contributed by atoms with E-state index in [2.05, 4.69) is 15.9 Å². The zero-order chi connectivity index (χ0) is 15.9. The fraction of sp³-hybridized carbons (Fsp3) is 0.529. The second-order valence-corrected chi connectivity index (χ2v) is 7.87. The second kappa shape index (κ2) is 4.29. The lowest BCUT2D eigenvalue weighted by Gasteiger charge is -2.56. The zero-order valence-electron chi connectivity index (χ0n) is 12.4.